The Balaban J connectivity index is 1.69. The summed E-state index contributed by atoms with van der Waals surface area (Å²) in [4.78, 5) is 16.8. The highest BCUT2D eigenvalue weighted by molar-refractivity contribution is 6.34. The summed E-state index contributed by atoms with van der Waals surface area (Å²) in [6.07, 6.45) is 1.07. The molecule has 2 N–H and O–H groups in total. The number of ether oxygens (including phenoxy) is 1. The molecule has 1 aliphatic rings. The van der Waals surface area contributed by atoms with Crippen molar-refractivity contribution in [2.24, 2.45) is 5.92 Å². The van der Waals surface area contributed by atoms with Gasteiger partial charge in [0.2, 0.25) is 5.88 Å². The molecule has 0 radical (unpaired) electrons. The van der Waals surface area contributed by atoms with Gasteiger partial charge in [-0.1, -0.05) is 30.7 Å². The zero-order chi connectivity index (χ0) is 17.8. The number of benzene rings is 1. The largest absolute Gasteiger partial charge is 0.474 e. The first-order valence-corrected chi connectivity index (χ1v) is 8.82. The molecule has 2 unspecified atom stereocenters. The van der Waals surface area contributed by atoms with E-state index in [1.54, 1.807) is 18.2 Å². The van der Waals surface area contributed by atoms with Crippen molar-refractivity contribution < 1.29 is 9.53 Å². The summed E-state index contributed by atoms with van der Waals surface area (Å²) < 4.78 is 6.01. The van der Waals surface area contributed by atoms with Crippen molar-refractivity contribution >= 4 is 23.3 Å². The van der Waals surface area contributed by atoms with Gasteiger partial charge < -0.3 is 15.4 Å². The lowest BCUT2D eigenvalue weighted by atomic mass is 9.98. The van der Waals surface area contributed by atoms with Crippen molar-refractivity contribution in [2.45, 2.75) is 26.4 Å². The van der Waals surface area contributed by atoms with Crippen LogP contribution in [0.4, 0.5) is 5.82 Å². The summed E-state index contributed by atoms with van der Waals surface area (Å²) in [6.45, 7) is 5.96. The van der Waals surface area contributed by atoms with Gasteiger partial charge in [-0.15, -0.1) is 0 Å². The first-order chi connectivity index (χ1) is 12.0. The van der Waals surface area contributed by atoms with E-state index in [9.17, 15) is 4.79 Å². The molecule has 1 aromatic carbocycles. The highest BCUT2D eigenvalue weighted by Crippen LogP contribution is 2.21. The van der Waals surface area contributed by atoms with Crippen LogP contribution < -0.4 is 15.4 Å². The van der Waals surface area contributed by atoms with Gasteiger partial charge >= 0.3 is 0 Å². The van der Waals surface area contributed by atoms with Gasteiger partial charge in [-0.3, -0.25) is 4.79 Å². The molecule has 2 aromatic rings. The number of halogens is 1. The van der Waals surface area contributed by atoms with Crippen LogP contribution in [0, 0.1) is 12.8 Å². The Kier molecular flexibility index (Phi) is 5.56. The zero-order valence-corrected chi connectivity index (χ0v) is 15.1. The summed E-state index contributed by atoms with van der Waals surface area (Å²) in [6, 6.07) is 10.7. The zero-order valence-electron chi connectivity index (χ0n) is 14.4. The molecule has 3 rings (SSSR count). The van der Waals surface area contributed by atoms with E-state index >= 15 is 0 Å². The molecule has 1 amide bonds. The summed E-state index contributed by atoms with van der Waals surface area (Å²) in [5.74, 6) is 1.09. The molecule has 0 aliphatic carbocycles. The minimum absolute atomic E-state index is 0.131. The molecule has 1 aliphatic heterocycles. The van der Waals surface area contributed by atoms with Crippen LogP contribution in [0.2, 0.25) is 5.02 Å². The number of hydrogen-bond donors (Lipinski definition) is 2. The maximum atomic E-state index is 12.4. The van der Waals surface area contributed by atoms with Gasteiger partial charge in [-0.25, -0.2) is 0 Å². The summed E-state index contributed by atoms with van der Waals surface area (Å²) in [5.41, 5.74) is 1.43. The van der Waals surface area contributed by atoms with E-state index in [1.807, 2.05) is 25.1 Å². The van der Waals surface area contributed by atoms with Crippen molar-refractivity contribution in [3.8, 4) is 5.88 Å². The number of rotatable bonds is 4. The van der Waals surface area contributed by atoms with Crippen molar-refractivity contribution in [1.82, 2.24) is 10.3 Å². The number of amides is 1. The lowest BCUT2D eigenvalue weighted by molar-refractivity contribution is 0.102. The van der Waals surface area contributed by atoms with Crippen molar-refractivity contribution in [2.75, 3.05) is 18.4 Å². The van der Waals surface area contributed by atoms with E-state index < -0.39 is 0 Å². The number of nitrogens with one attached hydrogen (secondary N) is 2. The van der Waals surface area contributed by atoms with Gasteiger partial charge in [0.1, 0.15) is 11.9 Å². The van der Waals surface area contributed by atoms with E-state index in [2.05, 4.69) is 22.5 Å². The fraction of sp³-hybridized carbons (Fsp3) is 0.368. The molecule has 0 saturated carbocycles. The van der Waals surface area contributed by atoms with Gasteiger partial charge in [0.15, 0.2) is 0 Å². The molecular weight excluding hydrogens is 338 g/mol. The monoisotopic (exact) mass is 359 g/mol. The van der Waals surface area contributed by atoms with Crippen molar-refractivity contribution in [1.29, 1.82) is 0 Å². The van der Waals surface area contributed by atoms with Gasteiger partial charge in [-0.2, -0.15) is 4.98 Å². The molecule has 1 fully saturated rings. The van der Waals surface area contributed by atoms with E-state index in [1.165, 1.54) is 0 Å². The van der Waals surface area contributed by atoms with Crippen LogP contribution in [0.25, 0.3) is 0 Å². The molecule has 6 heteroatoms. The SMILES string of the molecule is Cc1ccc(C(=O)Nc2cccc(OC3CCNCC3C)n2)c(Cl)c1. The smallest absolute Gasteiger partial charge is 0.258 e. The first kappa shape index (κ1) is 17.7. The topological polar surface area (TPSA) is 63.2 Å². The van der Waals surface area contributed by atoms with Crippen LogP contribution in [-0.4, -0.2) is 30.1 Å². The van der Waals surface area contributed by atoms with Crippen LogP contribution in [0.5, 0.6) is 5.88 Å². The second kappa shape index (κ2) is 7.85. The minimum atomic E-state index is -0.287. The Bertz CT molecular complexity index is 766. The van der Waals surface area contributed by atoms with Crippen molar-refractivity contribution in [3.05, 3.63) is 52.5 Å². The van der Waals surface area contributed by atoms with E-state index in [0.717, 1.165) is 25.1 Å². The van der Waals surface area contributed by atoms with Gasteiger partial charge in [0.25, 0.3) is 5.91 Å². The average molecular weight is 360 g/mol. The van der Waals surface area contributed by atoms with E-state index in [4.69, 9.17) is 16.3 Å². The third-order valence-electron chi connectivity index (χ3n) is 4.31. The number of piperidine rings is 1. The number of aromatic nitrogens is 1. The van der Waals surface area contributed by atoms with Crippen LogP contribution in [0.3, 0.4) is 0 Å². The second-order valence-corrected chi connectivity index (χ2v) is 6.83. The molecule has 5 nitrogen and oxygen atoms in total. The number of carbonyl (C=O) groups is 1. The Hall–Kier alpha value is -2.11. The summed E-state index contributed by atoms with van der Waals surface area (Å²) >= 11 is 6.15. The standard InChI is InChI=1S/C19H22ClN3O2/c1-12-6-7-14(15(20)10-12)19(24)23-17-4-3-5-18(22-17)25-16-8-9-21-11-13(16)2/h3-7,10,13,16,21H,8-9,11H2,1-2H3,(H,22,23,24). The molecular formula is C19H22ClN3O2. The molecule has 132 valence electrons. The van der Waals surface area contributed by atoms with Gasteiger partial charge in [-0.05, 0) is 43.7 Å². The molecule has 1 aromatic heterocycles. The number of pyridine rings is 1. The Labute approximate surface area is 152 Å². The van der Waals surface area contributed by atoms with Crippen molar-refractivity contribution in [3.63, 3.8) is 0 Å². The predicted molar refractivity (Wildman–Crippen MR) is 99.4 cm³/mol. The number of anilines is 1. The molecule has 0 bridgehead atoms. The summed E-state index contributed by atoms with van der Waals surface area (Å²) in [7, 11) is 0. The summed E-state index contributed by atoms with van der Waals surface area (Å²) in [5, 5.41) is 6.55. The van der Waals surface area contributed by atoms with Gasteiger partial charge in [0, 0.05) is 18.5 Å². The third kappa shape index (κ3) is 4.50. The first-order valence-electron chi connectivity index (χ1n) is 8.45. The number of carbonyl (C=O) groups excluding carboxylic acids is 1. The molecule has 2 atom stereocenters. The maximum absolute atomic E-state index is 12.4. The average Bonchev–Trinajstić information content (AvgIpc) is 2.57. The number of hydrogen-bond acceptors (Lipinski definition) is 4. The van der Waals surface area contributed by atoms with Gasteiger partial charge in [0.05, 0.1) is 10.6 Å². The molecule has 1 saturated heterocycles. The highest BCUT2D eigenvalue weighted by Gasteiger charge is 2.23. The quantitative estimate of drug-likeness (QED) is 0.874. The lowest BCUT2D eigenvalue weighted by Crippen LogP contribution is -2.41. The van der Waals surface area contributed by atoms with Crippen LogP contribution in [-0.2, 0) is 0 Å². The fourth-order valence-corrected chi connectivity index (χ4v) is 3.18. The fourth-order valence-electron chi connectivity index (χ4n) is 2.86. The maximum Gasteiger partial charge on any atom is 0.258 e. The molecule has 25 heavy (non-hydrogen) atoms. The Morgan fingerprint density at radius 3 is 2.96 bits per heavy atom. The lowest BCUT2D eigenvalue weighted by Gasteiger charge is -2.29. The normalized spacial score (nSPS) is 20.1. The van der Waals surface area contributed by atoms with Crippen LogP contribution in [0.1, 0.15) is 29.3 Å². The van der Waals surface area contributed by atoms with Crippen LogP contribution in [0.15, 0.2) is 36.4 Å². The van der Waals surface area contributed by atoms with Crippen LogP contribution >= 0.6 is 11.6 Å². The van der Waals surface area contributed by atoms with E-state index in [0.29, 0.717) is 28.2 Å². The third-order valence-corrected chi connectivity index (χ3v) is 4.63. The minimum Gasteiger partial charge on any atom is -0.474 e. The van der Waals surface area contributed by atoms with E-state index in [-0.39, 0.29) is 12.0 Å². The Morgan fingerprint density at radius 1 is 1.36 bits per heavy atom. The second-order valence-electron chi connectivity index (χ2n) is 6.42. The Morgan fingerprint density at radius 2 is 2.20 bits per heavy atom. The molecule has 0 spiro atoms. The predicted octanol–water partition coefficient (Wildman–Crippen LogP) is 3.67. The molecule has 2 heterocycles. The number of aryl methyl sites for hydroxylation is 1. The highest BCUT2D eigenvalue weighted by atomic mass is 35.5. The number of nitrogens with zero attached hydrogens (tertiary/aromatic N) is 1.